The molecule has 11 heavy (non-hydrogen) atoms. The molecule has 0 aliphatic heterocycles. The molecule has 0 bridgehead atoms. The van der Waals surface area contributed by atoms with E-state index in [9.17, 15) is 8.42 Å². The molecule has 0 aliphatic rings. The molecule has 0 aromatic heterocycles. The third-order valence-corrected chi connectivity index (χ3v) is 1.19. The second-order valence-electron chi connectivity index (χ2n) is 1.08. The Morgan fingerprint density at radius 1 is 1.64 bits per heavy atom. The van der Waals surface area contributed by atoms with Crippen molar-refractivity contribution in [1.29, 1.82) is 0 Å². The first-order valence-corrected chi connectivity index (χ1v) is 3.66. The van der Waals surface area contributed by atoms with Crippen molar-refractivity contribution in [2.75, 3.05) is 6.61 Å². The fourth-order valence-electron chi connectivity index (χ4n) is 0.225. The molecule has 7 heteroatoms. The summed E-state index contributed by atoms with van der Waals surface area (Å²) in [6, 6.07) is 0. The molecule has 0 radical (unpaired) electrons. The summed E-state index contributed by atoms with van der Waals surface area (Å²) in [5, 5.41) is 0. The molecular weight excluding hydrogens is 183 g/mol. The number of terminal acetylenes is 1. The van der Waals surface area contributed by atoms with Gasteiger partial charge in [0.2, 0.25) is 0 Å². The van der Waals surface area contributed by atoms with E-state index in [1.165, 1.54) is 13.0 Å². The topological polar surface area (TPSA) is 61.8 Å². The van der Waals surface area contributed by atoms with Gasteiger partial charge in [0.25, 0.3) is 0 Å². The monoisotopic (exact) mass is 190 g/mol. The summed E-state index contributed by atoms with van der Waals surface area (Å²) in [5.41, 5.74) is 0. The molecule has 5 nitrogen and oxygen atoms in total. The maximum Gasteiger partial charge on any atom is 1.00 e. The van der Waals surface area contributed by atoms with Crippen LogP contribution >= 0.6 is 0 Å². The van der Waals surface area contributed by atoms with Crippen LogP contribution in [0.25, 0.3) is 0 Å². The van der Waals surface area contributed by atoms with Gasteiger partial charge < -0.3 is 1.43 Å². The third kappa shape index (κ3) is 8.13. The van der Waals surface area contributed by atoms with Crippen LogP contribution in [0.3, 0.4) is 0 Å². The first kappa shape index (κ1) is 13.8. The summed E-state index contributed by atoms with van der Waals surface area (Å²) < 4.78 is 28.3. The van der Waals surface area contributed by atoms with Crippen molar-refractivity contribution in [2.24, 2.45) is 0 Å². The van der Waals surface area contributed by atoms with Gasteiger partial charge in [-0.2, -0.15) is 8.42 Å². The first-order chi connectivity index (χ1) is 4.62. The second-order valence-corrected chi connectivity index (χ2v) is 2.27. The average Bonchev–Trinajstić information content (AvgIpc) is 1.84. The van der Waals surface area contributed by atoms with Crippen molar-refractivity contribution in [3.8, 4) is 12.5 Å². The SMILES string of the molecule is C#COOS(=O)(=O)OCC.[H-].[Na+]. The van der Waals surface area contributed by atoms with Crippen LogP contribution in [0.15, 0.2) is 0 Å². The zero-order chi connectivity index (χ0) is 8.04. The molecule has 0 aromatic rings. The summed E-state index contributed by atoms with van der Waals surface area (Å²) >= 11 is 0. The molecule has 0 saturated heterocycles. The fraction of sp³-hybridized carbons (Fsp3) is 0.500. The van der Waals surface area contributed by atoms with E-state index in [0.717, 1.165) is 0 Å². The Morgan fingerprint density at radius 3 is 2.55 bits per heavy atom. The van der Waals surface area contributed by atoms with Crippen LogP contribution in [-0.4, -0.2) is 15.0 Å². The van der Waals surface area contributed by atoms with Crippen LogP contribution in [-0.2, 0) is 23.8 Å². The molecule has 0 fully saturated rings. The van der Waals surface area contributed by atoms with Crippen molar-refractivity contribution < 1.29 is 52.8 Å². The summed E-state index contributed by atoms with van der Waals surface area (Å²) in [7, 11) is -4.06. The van der Waals surface area contributed by atoms with Crippen LogP contribution < -0.4 is 29.6 Å². The number of hydrogen-bond acceptors (Lipinski definition) is 5. The normalized spacial score (nSPS) is 9.45. The van der Waals surface area contributed by atoms with Crippen LogP contribution in [0, 0.1) is 12.5 Å². The second kappa shape index (κ2) is 6.91. The molecule has 0 amide bonds. The van der Waals surface area contributed by atoms with Crippen LogP contribution in [0.4, 0.5) is 0 Å². The summed E-state index contributed by atoms with van der Waals surface area (Å²) in [4.78, 5) is 3.67. The minimum absolute atomic E-state index is 0. The molecule has 0 unspecified atom stereocenters. The smallest absolute Gasteiger partial charge is 1.00 e. The van der Waals surface area contributed by atoms with Gasteiger partial charge >= 0.3 is 40.0 Å². The van der Waals surface area contributed by atoms with Crippen LogP contribution in [0.5, 0.6) is 0 Å². The fourth-order valence-corrected chi connectivity index (χ4v) is 0.676. The third-order valence-electron chi connectivity index (χ3n) is 0.428. The predicted molar refractivity (Wildman–Crippen MR) is 32.7 cm³/mol. The van der Waals surface area contributed by atoms with Crippen molar-refractivity contribution in [2.45, 2.75) is 6.92 Å². The van der Waals surface area contributed by atoms with Crippen molar-refractivity contribution in [3.63, 3.8) is 0 Å². The molecule has 0 aromatic carbocycles. The molecule has 0 spiro atoms. The van der Waals surface area contributed by atoms with Gasteiger partial charge in [0.1, 0.15) is 0 Å². The van der Waals surface area contributed by atoms with Gasteiger partial charge in [-0.3, -0.25) is 4.89 Å². The van der Waals surface area contributed by atoms with Gasteiger partial charge in [-0.25, -0.2) is 4.18 Å². The maximum atomic E-state index is 10.3. The van der Waals surface area contributed by atoms with E-state index in [1.54, 1.807) is 0 Å². The van der Waals surface area contributed by atoms with Gasteiger partial charge in [0, 0.05) is 0 Å². The molecule has 0 atom stereocenters. The quantitative estimate of drug-likeness (QED) is 0.204. The van der Waals surface area contributed by atoms with E-state index in [1.807, 2.05) is 0 Å². The Morgan fingerprint density at radius 2 is 2.18 bits per heavy atom. The van der Waals surface area contributed by atoms with Gasteiger partial charge in [-0.15, -0.1) is 0 Å². The largest absolute Gasteiger partial charge is 1.00 e. The van der Waals surface area contributed by atoms with E-state index < -0.39 is 10.4 Å². The van der Waals surface area contributed by atoms with E-state index in [-0.39, 0.29) is 37.6 Å². The zero-order valence-corrected chi connectivity index (χ0v) is 9.05. The number of hydrogen-bond donors (Lipinski definition) is 0. The number of rotatable bonds is 4. The zero-order valence-electron chi connectivity index (χ0n) is 7.23. The summed E-state index contributed by atoms with van der Waals surface area (Å²) in [5.74, 6) is 0. The minimum atomic E-state index is -4.06. The molecule has 0 N–H and O–H groups in total. The molecule has 0 saturated carbocycles. The summed E-state index contributed by atoms with van der Waals surface area (Å²) in [6.07, 6.45) is 6.02. The van der Waals surface area contributed by atoms with Crippen molar-refractivity contribution in [3.05, 3.63) is 0 Å². The first-order valence-electron chi connectivity index (χ1n) is 2.32. The van der Waals surface area contributed by atoms with Crippen molar-refractivity contribution in [1.82, 2.24) is 0 Å². The Bertz CT molecular complexity index is 220. The van der Waals surface area contributed by atoms with Gasteiger partial charge in [0.05, 0.1) is 6.61 Å². The molecule has 0 aliphatic carbocycles. The molecule has 0 heterocycles. The Labute approximate surface area is 89.0 Å². The Balaban J connectivity index is -0.000000405. The molecule has 60 valence electrons. The van der Waals surface area contributed by atoms with Crippen LogP contribution in [0.1, 0.15) is 8.35 Å². The maximum absolute atomic E-state index is 10.3. The van der Waals surface area contributed by atoms with E-state index >= 15 is 0 Å². The van der Waals surface area contributed by atoms with Crippen LogP contribution in [0.2, 0.25) is 0 Å². The average molecular weight is 190 g/mol. The van der Waals surface area contributed by atoms with E-state index in [0.29, 0.717) is 0 Å². The van der Waals surface area contributed by atoms with Gasteiger partial charge in [-0.1, -0.05) is 6.42 Å². The van der Waals surface area contributed by atoms with Gasteiger partial charge in [0.15, 0.2) is 6.11 Å². The van der Waals surface area contributed by atoms with Gasteiger partial charge in [-0.05, 0) is 11.3 Å². The standard InChI is InChI=1S/C4H6O5S.Na.H/c1-3-7-9-10(5,6)8-4-2;;/h1H,4H2,2H3;;/q;+1;-1. The van der Waals surface area contributed by atoms with Crippen molar-refractivity contribution >= 4 is 10.4 Å². The predicted octanol–water partition coefficient (Wildman–Crippen LogP) is -3.08. The minimum Gasteiger partial charge on any atom is -1.00 e. The Hall–Kier alpha value is 0.230. The molecule has 0 rings (SSSR count). The molecular formula is C4H7NaO5S. The summed E-state index contributed by atoms with van der Waals surface area (Å²) in [6.45, 7) is 1.45. The van der Waals surface area contributed by atoms with E-state index in [4.69, 9.17) is 0 Å². The van der Waals surface area contributed by atoms with E-state index in [2.05, 4.69) is 19.8 Å². The Kier molecular flexibility index (Phi) is 8.67.